The molecule has 1 atom stereocenters. The van der Waals surface area contributed by atoms with Crippen molar-refractivity contribution < 1.29 is 14.7 Å². The number of aromatic nitrogens is 1. The van der Waals surface area contributed by atoms with Crippen molar-refractivity contribution in [1.82, 2.24) is 15.2 Å². The minimum Gasteiger partial charge on any atom is -0.480 e. The number of carbonyl (C=O) groups is 2. The van der Waals surface area contributed by atoms with E-state index in [1.165, 1.54) is 23.2 Å². The number of rotatable bonds is 2. The summed E-state index contributed by atoms with van der Waals surface area (Å²) < 4.78 is 0. The summed E-state index contributed by atoms with van der Waals surface area (Å²) in [5, 5.41) is 12.0. The van der Waals surface area contributed by atoms with Gasteiger partial charge in [-0.1, -0.05) is 0 Å². The van der Waals surface area contributed by atoms with E-state index in [4.69, 9.17) is 5.11 Å². The molecule has 2 heterocycles. The molecule has 1 aliphatic rings. The monoisotopic (exact) mass is 251 g/mol. The van der Waals surface area contributed by atoms with Crippen LogP contribution in [0.5, 0.6) is 0 Å². The van der Waals surface area contributed by atoms with E-state index in [1.807, 2.05) is 0 Å². The van der Waals surface area contributed by atoms with Crippen LogP contribution in [0.1, 0.15) is 10.4 Å². The number of carboxylic acids is 1. The Morgan fingerprint density at radius 1 is 1.39 bits per heavy atom. The largest absolute Gasteiger partial charge is 0.480 e. The fourth-order valence-electron chi connectivity index (χ4n) is 1.88. The summed E-state index contributed by atoms with van der Waals surface area (Å²) >= 11 is 0. The highest BCUT2D eigenvalue weighted by Crippen LogP contribution is 2.09. The molecule has 3 N–H and O–H groups in total. The van der Waals surface area contributed by atoms with Gasteiger partial charge in [0.2, 0.25) is 5.56 Å². The molecule has 1 saturated heterocycles. The number of carboxylic acid groups (broad SMARTS) is 1. The molecule has 0 radical (unpaired) electrons. The second kappa shape index (κ2) is 5.01. The molecule has 0 aliphatic carbocycles. The number of piperazine rings is 1. The summed E-state index contributed by atoms with van der Waals surface area (Å²) in [5.74, 6) is -1.43. The van der Waals surface area contributed by atoms with Crippen molar-refractivity contribution in [2.24, 2.45) is 0 Å². The van der Waals surface area contributed by atoms with Crippen LogP contribution in [-0.2, 0) is 4.79 Å². The predicted molar refractivity (Wildman–Crippen MR) is 62.4 cm³/mol. The SMILES string of the molecule is O=C(O)C1CNCCN1C(=O)c1ccc(=O)[nH]c1. The summed E-state index contributed by atoms with van der Waals surface area (Å²) in [5.41, 5.74) is -0.0237. The number of aromatic amines is 1. The molecule has 1 aromatic heterocycles. The van der Waals surface area contributed by atoms with E-state index in [-0.39, 0.29) is 23.6 Å². The molecule has 96 valence electrons. The lowest BCUT2D eigenvalue weighted by molar-refractivity contribution is -0.142. The number of hydrogen-bond donors (Lipinski definition) is 3. The number of aliphatic carboxylic acids is 1. The van der Waals surface area contributed by atoms with Gasteiger partial charge in [0.15, 0.2) is 0 Å². The van der Waals surface area contributed by atoms with Crippen LogP contribution in [-0.4, -0.2) is 52.5 Å². The maximum Gasteiger partial charge on any atom is 0.327 e. The lowest BCUT2D eigenvalue weighted by Crippen LogP contribution is -2.57. The zero-order valence-electron chi connectivity index (χ0n) is 9.55. The Kier molecular flexibility index (Phi) is 3.42. The molecule has 2 rings (SSSR count). The van der Waals surface area contributed by atoms with Crippen molar-refractivity contribution in [2.45, 2.75) is 6.04 Å². The van der Waals surface area contributed by atoms with E-state index in [0.29, 0.717) is 13.1 Å². The Labute approximate surface area is 102 Å². The zero-order valence-corrected chi connectivity index (χ0v) is 9.55. The number of carbonyl (C=O) groups excluding carboxylic acids is 1. The molecule has 18 heavy (non-hydrogen) atoms. The van der Waals surface area contributed by atoms with Crippen molar-refractivity contribution in [2.75, 3.05) is 19.6 Å². The topological polar surface area (TPSA) is 102 Å². The first-order chi connectivity index (χ1) is 8.59. The lowest BCUT2D eigenvalue weighted by Gasteiger charge is -2.33. The van der Waals surface area contributed by atoms with Crippen LogP contribution in [0.15, 0.2) is 23.1 Å². The van der Waals surface area contributed by atoms with Crippen molar-refractivity contribution in [1.29, 1.82) is 0 Å². The average molecular weight is 251 g/mol. The Balaban J connectivity index is 2.23. The van der Waals surface area contributed by atoms with Crippen LogP contribution in [0.25, 0.3) is 0 Å². The Morgan fingerprint density at radius 3 is 2.78 bits per heavy atom. The Bertz CT molecular complexity index is 505. The van der Waals surface area contributed by atoms with E-state index in [9.17, 15) is 14.4 Å². The van der Waals surface area contributed by atoms with Gasteiger partial charge in [-0.05, 0) is 6.07 Å². The third-order valence-electron chi connectivity index (χ3n) is 2.82. The fourth-order valence-corrected chi connectivity index (χ4v) is 1.88. The summed E-state index contributed by atoms with van der Waals surface area (Å²) in [6, 6.07) is 1.76. The molecule has 0 saturated carbocycles. The normalized spacial score (nSPS) is 19.6. The highest BCUT2D eigenvalue weighted by Gasteiger charge is 2.32. The first-order valence-corrected chi connectivity index (χ1v) is 5.53. The van der Waals surface area contributed by atoms with Crippen molar-refractivity contribution in [3.63, 3.8) is 0 Å². The second-order valence-electron chi connectivity index (χ2n) is 4.00. The van der Waals surface area contributed by atoms with E-state index >= 15 is 0 Å². The summed E-state index contributed by atoms with van der Waals surface area (Å²) in [7, 11) is 0. The highest BCUT2D eigenvalue weighted by molar-refractivity contribution is 5.96. The minimum absolute atomic E-state index is 0.227. The van der Waals surface area contributed by atoms with Crippen LogP contribution >= 0.6 is 0 Å². The molecule has 1 fully saturated rings. The number of H-pyrrole nitrogens is 1. The van der Waals surface area contributed by atoms with Gasteiger partial charge in [0, 0.05) is 31.9 Å². The van der Waals surface area contributed by atoms with Gasteiger partial charge in [0.1, 0.15) is 6.04 Å². The van der Waals surface area contributed by atoms with Gasteiger partial charge in [-0.15, -0.1) is 0 Å². The molecule has 7 nitrogen and oxygen atoms in total. The van der Waals surface area contributed by atoms with E-state index in [0.717, 1.165) is 0 Å². The highest BCUT2D eigenvalue weighted by atomic mass is 16.4. The van der Waals surface area contributed by atoms with Crippen LogP contribution in [0.4, 0.5) is 0 Å². The van der Waals surface area contributed by atoms with Crippen molar-refractivity contribution >= 4 is 11.9 Å². The maximum atomic E-state index is 12.1. The van der Waals surface area contributed by atoms with Gasteiger partial charge in [-0.2, -0.15) is 0 Å². The third-order valence-corrected chi connectivity index (χ3v) is 2.82. The molecule has 1 amide bonds. The van der Waals surface area contributed by atoms with Crippen molar-refractivity contribution in [3.05, 3.63) is 34.2 Å². The van der Waals surface area contributed by atoms with Gasteiger partial charge in [0.25, 0.3) is 5.91 Å². The molecule has 0 aromatic carbocycles. The zero-order chi connectivity index (χ0) is 13.1. The van der Waals surface area contributed by atoms with E-state index in [2.05, 4.69) is 10.3 Å². The summed E-state index contributed by atoms with van der Waals surface area (Å²) in [6.45, 7) is 1.11. The maximum absolute atomic E-state index is 12.1. The molecule has 1 aliphatic heterocycles. The van der Waals surface area contributed by atoms with Crippen LogP contribution < -0.4 is 10.9 Å². The molecule has 1 unspecified atom stereocenters. The standard InChI is InChI=1S/C11H13N3O4/c15-9-2-1-7(5-13-9)10(16)14-4-3-12-6-8(14)11(17)18/h1-2,5,8,12H,3-4,6H2,(H,13,15)(H,17,18). The van der Waals surface area contributed by atoms with Crippen LogP contribution in [0.3, 0.4) is 0 Å². The van der Waals surface area contributed by atoms with Gasteiger partial charge >= 0.3 is 5.97 Å². The van der Waals surface area contributed by atoms with Crippen LogP contribution in [0, 0.1) is 0 Å². The number of nitrogens with one attached hydrogen (secondary N) is 2. The van der Waals surface area contributed by atoms with Crippen LogP contribution in [0.2, 0.25) is 0 Å². The molecule has 1 aromatic rings. The van der Waals surface area contributed by atoms with Gasteiger partial charge in [-0.3, -0.25) is 9.59 Å². The number of hydrogen-bond acceptors (Lipinski definition) is 4. The molecule has 0 spiro atoms. The van der Waals surface area contributed by atoms with Gasteiger partial charge < -0.3 is 20.3 Å². The van der Waals surface area contributed by atoms with Crippen molar-refractivity contribution in [3.8, 4) is 0 Å². The van der Waals surface area contributed by atoms with Gasteiger partial charge in [-0.25, -0.2) is 4.79 Å². The molecule has 0 bridgehead atoms. The lowest BCUT2D eigenvalue weighted by atomic mass is 10.1. The summed E-state index contributed by atoms with van der Waals surface area (Å²) in [4.78, 5) is 37.8. The quantitative estimate of drug-likeness (QED) is 0.617. The van der Waals surface area contributed by atoms with E-state index in [1.54, 1.807) is 0 Å². The number of nitrogens with zero attached hydrogens (tertiary/aromatic N) is 1. The van der Waals surface area contributed by atoms with E-state index < -0.39 is 12.0 Å². The third kappa shape index (κ3) is 2.40. The average Bonchev–Trinajstić information content (AvgIpc) is 2.39. The molecular formula is C11H13N3O4. The molecular weight excluding hydrogens is 238 g/mol. The predicted octanol–water partition coefficient (Wildman–Crippen LogP) is -1.13. The number of pyridine rings is 1. The first kappa shape index (κ1) is 12.3. The Hall–Kier alpha value is -2.15. The molecule has 7 heteroatoms. The summed E-state index contributed by atoms with van der Waals surface area (Å²) in [6.07, 6.45) is 1.30. The minimum atomic E-state index is -1.04. The Morgan fingerprint density at radius 2 is 2.17 bits per heavy atom. The van der Waals surface area contributed by atoms with Gasteiger partial charge in [0.05, 0.1) is 5.56 Å². The first-order valence-electron chi connectivity index (χ1n) is 5.53. The fraction of sp³-hybridized carbons (Fsp3) is 0.364. The number of amides is 1. The smallest absolute Gasteiger partial charge is 0.327 e. The second-order valence-corrected chi connectivity index (χ2v) is 4.00.